The van der Waals surface area contributed by atoms with Crippen molar-refractivity contribution in [3.8, 4) is 0 Å². The summed E-state index contributed by atoms with van der Waals surface area (Å²) in [6, 6.07) is 2.33. The predicted molar refractivity (Wildman–Crippen MR) is 295 cm³/mol. The number of carboxylic acid groups (broad SMARTS) is 1. The molecule has 0 radical (unpaired) electrons. The molecule has 7 amide bonds. The average molecular weight is 1080 g/mol. The number of thiazole rings is 1. The molecule has 0 saturated carbocycles. The summed E-state index contributed by atoms with van der Waals surface area (Å²) >= 11 is 1.19. The third-order valence-electron chi connectivity index (χ3n) is 15.1. The van der Waals surface area contributed by atoms with Crippen molar-refractivity contribution in [3.05, 3.63) is 45.9 Å². The largest absolute Gasteiger partial charge is 0.481 e. The molecule has 19 nitrogen and oxygen atoms in total. The number of benzene rings is 1. The van der Waals surface area contributed by atoms with Gasteiger partial charge in [-0.15, -0.1) is 11.3 Å². The number of nitrogens with zero attached hydrogens (tertiary/aromatic N) is 3. The molecule has 1 saturated heterocycles. The molecule has 1 aromatic heterocycles. The summed E-state index contributed by atoms with van der Waals surface area (Å²) in [7, 11) is 3.71. The summed E-state index contributed by atoms with van der Waals surface area (Å²) < 4.78 is 0. The molecule has 76 heavy (non-hydrogen) atoms. The number of likely N-dealkylation sites (N-methyl/N-ethyl adjacent to an activating group) is 1. The number of anilines is 1. The Bertz CT molecular complexity index is 2310. The van der Waals surface area contributed by atoms with Gasteiger partial charge in [-0.3, -0.25) is 48.1 Å². The van der Waals surface area contributed by atoms with Crippen LogP contribution in [0.4, 0.5) is 5.69 Å². The molecule has 7 N–H and O–H groups in total. The molecule has 2 heterocycles. The Kier molecular flexibility index (Phi) is 25.7. The highest BCUT2D eigenvalue weighted by Gasteiger charge is 2.44. The first-order chi connectivity index (χ1) is 35.6. The summed E-state index contributed by atoms with van der Waals surface area (Å²) in [5.41, 5.74) is 0.609. The Hall–Kier alpha value is -5.76. The highest BCUT2D eigenvalue weighted by atomic mass is 32.1. The van der Waals surface area contributed by atoms with Gasteiger partial charge in [0.05, 0.1) is 17.5 Å². The Morgan fingerprint density at radius 2 is 1.46 bits per heavy atom. The Morgan fingerprint density at radius 1 is 0.816 bits per heavy atom. The van der Waals surface area contributed by atoms with E-state index in [1.54, 1.807) is 62.4 Å². The van der Waals surface area contributed by atoms with E-state index in [1.807, 2.05) is 48.6 Å². The minimum absolute atomic E-state index is 0.0504. The molecule has 1 aliphatic heterocycles. The van der Waals surface area contributed by atoms with Gasteiger partial charge in [-0.2, -0.15) is 0 Å². The van der Waals surface area contributed by atoms with Crippen molar-refractivity contribution >= 4 is 70.1 Å². The van der Waals surface area contributed by atoms with Gasteiger partial charge < -0.3 is 41.9 Å². The van der Waals surface area contributed by atoms with E-state index in [9.17, 15) is 48.3 Å². The van der Waals surface area contributed by atoms with Crippen molar-refractivity contribution in [2.75, 3.05) is 26.0 Å². The van der Waals surface area contributed by atoms with Crippen LogP contribution in [-0.2, 0) is 44.8 Å². The number of carboxylic acids is 1. The number of hydrogen-bond acceptors (Lipinski definition) is 12. The van der Waals surface area contributed by atoms with Crippen molar-refractivity contribution in [1.82, 2.24) is 41.4 Å². The van der Waals surface area contributed by atoms with Gasteiger partial charge >= 0.3 is 5.97 Å². The molecule has 1 fully saturated rings. The smallest absolute Gasteiger partial charge is 0.306 e. The van der Waals surface area contributed by atoms with Crippen LogP contribution in [-0.4, -0.2) is 129 Å². The summed E-state index contributed by atoms with van der Waals surface area (Å²) in [6.07, 6.45) is 6.09. The number of ketones is 1. The number of carbonyl (C=O) groups is 9. The molecule has 424 valence electrons. The van der Waals surface area contributed by atoms with E-state index in [0.717, 1.165) is 50.6 Å². The lowest BCUT2D eigenvalue weighted by molar-refractivity contribution is -0.143. The fraction of sp³-hybridized carbons (Fsp3) is 0.679. The topological polar surface area (TPSA) is 265 Å². The van der Waals surface area contributed by atoms with E-state index in [-0.39, 0.29) is 72.3 Å². The van der Waals surface area contributed by atoms with Crippen LogP contribution < -0.4 is 31.9 Å². The van der Waals surface area contributed by atoms with Crippen molar-refractivity contribution in [1.29, 1.82) is 0 Å². The van der Waals surface area contributed by atoms with Crippen LogP contribution in [0.15, 0.2) is 29.6 Å². The number of carbonyl (C=O) groups excluding carboxylic acids is 8. The van der Waals surface area contributed by atoms with Gasteiger partial charge in [0, 0.05) is 56.4 Å². The zero-order valence-electron chi connectivity index (χ0n) is 47.6. The predicted octanol–water partition coefficient (Wildman–Crippen LogP) is 6.42. The van der Waals surface area contributed by atoms with Gasteiger partial charge in [0.15, 0.2) is 5.78 Å². The molecule has 0 spiro atoms. The Morgan fingerprint density at radius 3 is 2.00 bits per heavy atom. The van der Waals surface area contributed by atoms with E-state index in [4.69, 9.17) is 0 Å². The first-order valence-corrected chi connectivity index (χ1v) is 28.1. The van der Waals surface area contributed by atoms with Gasteiger partial charge in [0.25, 0.3) is 5.91 Å². The monoisotopic (exact) mass is 1080 g/mol. The zero-order valence-corrected chi connectivity index (χ0v) is 48.4. The van der Waals surface area contributed by atoms with Crippen LogP contribution in [0, 0.1) is 29.6 Å². The molecule has 1 aromatic carbocycles. The van der Waals surface area contributed by atoms with E-state index >= 15 is 0 Å². The second-order valence-corrected chi connectivity index (χ2v) is 22.9. The van der Waals surface area contributed by atoms with Crippen molar-refractivity contribution in [3.63, 3.8) is 0 Å². The van der Waals surface area contributed by atoms with Crippen LogP contribution in [0.2, 0.25) is 0 Å². The van der Waals surface area contributed by atoms with E-state index in [0.29, 0.717) is 23.5 Å². The van der Waals surface area contributed by atoms with Gasteiger partial charge in [0.2, 0.25) is 35.4 Å². The van der Waals surface area contributed by atoms with Crippen LogP contribution >= 0.6 is 11.3 Å². The SMILES string of the molecule is CCCCC[C@H](NC(C)=O)C(=O)N[C@H](C(=O)N[C@@H](C)C(=O)Nc1ccc(C[C@@H](C[C@H](C)C(=O)O)NC(=O)c2csc([C@@H](C[C@H](C(C)C)N(C)C(=O)[C@@H](CC(=O)[C@@]3(C)CCCN3C)[C@@H](C)CC)NC(C)=O)n2)cc1)C(C)C. The maximum Gasteiger partial charge on any atom is 0.306 e. The van der Waals surface area contributed by atoms with Gasteiger partial charge in [-0.1, -0.05) is 93.2 Å². The third-order valence-corrected chi connectivity index (χ3v) is 16.0. The molecule has 20 heteroatoms. The quantitative estimate of drug-likeness (QED) is 0.0404. The number of nitrogens with one attached hydrogen (secondary N) is 6. The number of Topliss-reactive ketones (excluding diaryl/α,β-unsaturated/α-hetero) is 1. The maximum atomic E-state index is 14.5. The molecular weight excluding hydrogens is 991 g/mol. The lowest BCUT2D eigenvalue weighted by Crippen LogP contribution is -2.57. The second kappa shape index (κ2) is 30.3. The molecule has 0 aliphatic carbocycles. The summed E-state index contributed by atoms with van der Waals surface area (Å²) in [5, 5.41) is 28.7. The summed E-state index contributed by atoms with van der Waals surface area (Å²) in [4.78, 5) is 127. The zero-order chi connectivity index (χ0) is 57.2. The van der Waals surface area contributed by atoms with E-state index in [2.05, 4.69) is 41.8 Å². The van der Waals surface area contributed by atoms with E-state index in [1.165, 1.54) is 32.1 Å². The molecule has 0 unspecified atom stereocenters. The minimum atomic E-state index is -1.03. The highest BCUT2D eigenvalue weighted by molar-refractivity contribution is 7.09. The number of unbranched alkanes of at least 4 members (excludes halogenated alkanes) is 2. The molecule has 0 bridgehead atoms. The number of aliphatic carboxylic acids is 1. The standard InChI is InChI=1S/C56H89N9O10S/c1-15-17-18-20-43(58-37(10)66)50(70)63-48(33(5)6)52(72)57-36(9)49(69)60-40-23-21-39(22-24-40)28-41(27-35(8)55(74)75)61-51(71)45-31-76-53(62-45)44(59-38(11)67)30-46(32(3)4)65(14)54(73)42(34(7)16-2)29-47(68)56(12)25-19-26-64(56)13/h21-24,31-36,41-44,46,48H,15-20,25-30H2,1-14H3,(H,57,72)(H,58,66)(H,59,67)(H,60,69)(H,61,71)(H,63,70)(H,74,75)/t34-,35-,36-,41+,42-,43-,44+,46+,48-,56+/m0/s1. The first-order valence-electron chi connectivity index (χ1n) is 27.2. The Labute approximate surface area is 455 Å². The summed E-state index contributed by atoms with van der Waals surface area (Å²) in [6.45, 7) is 22.2. The first kappa shape index (κ1) is 64.5. The van der Waals surface area contributed by atoms with Crippen LogP contribution in [0.1, 0.15) is 174 Å². The molecule has 2 aromatic rings. The minimum Gasteiger partial charge on any atom is -0.481 e. The lowest BCUT2D eigenvalue weighted by Gasteiger charge is -2.38. The van der Waals surface area contributed by atoms with Crippen molar-refractivity contribution in [2.45, 2.75) is 196 Å². The lowest BCUT2D eigenvalue weighted by atomic mass is 9.80. The number of likely N-dealkylation sites (tertiary alicyclic amines) is 1. The normalized spacial score (nSPS) is 18.2. The number of aromatic nitrogens is 1. The average Bonchev–Trinajstić information content (AvgIpc) is 3.99. The molecular formula is C56H89N9O10S. The van der Waals surface area contributed by atoms with Gasteiger partial charge in [0.1, 0.15) is 28.8 Å². The van der Waals surface area contributed by atoms with Crippen LogP contribution in [0.3, 0.4) is 0 Å². The maximum absolute atomic E-state index is 14.5. The number of hydrogen-bond donors (Lipinski definition) is 7. The third kappa shape index (κ3) is 19.1. The van der Waals surface area contributed by atoms with Crippen LogP contribution in [0.5, 0.6) is 0 Å². The van der Waals surface area contributed by atoms with Crippen LogP contribution in [0.25, 0.3) is 0 Å². The number of amides is 7. The fourth-order valence-electron chi connectivity index (χ4n) is 9.76. The van der Waals surface area contributed by atoms with E-state index < -0.39 is 77.2 Å². The molecule has 10 atom stereocenters. The van der Waals surface area contributed by atoms with Crippen molar-refractivity contribution in [2.24, 2.45) is 29.6 Å². The highest BCUT2D eigenvalue weighted by Crippen LogP contribution is 2.34. The summed E-state index contributed by atoms with van der Waals surface area (Å²) in [5.74, 6) is -5.66. The van der Waals surface area contributed by atoms with Gasteiger partial charge in [-0.05, 0) is 101 Å². The molecule has 1 aliphatic rings. The number of rotatable bonds is 31. The Balaban J connectivity index is 1.75. The second-order valence-electron chi connectivity index (χ2n) is 22.0. The molecule has 3 rings (SSSR count). The van der Waals surface area contributed by atoms with Crippen molar-refractivity contribution < 1.29 is 48.3 Å². The van der Waals surface area contributed by atoms with Gasteiger partial charge in [-0.25, -0.2) is 4.98 Å². The fourth-order valence-corrected chi connectivity index (χ4v) is 10.6.